The zero-order valence-electron chi connectivity index (χ0n) is 11.8. The Hall–Kier alpha value is -1.35. The summed E-state index contributed by atoms with van der Waals surface area (Å²) in [7, 11) is 0. The molecule has 3 atom stereocenters. The second-order valence-corrected chi connectivity index (χ2v) is 6.53. The summed E-state index contributed by atoms with van der Waals surface area (Å²) in [5.74, 6) is 2.72. The van der Waals surface area contributed by atoms with E-state index in [9.17, 15) is 4.79 Å². The Morgan fingerprint density at radius 3 is 2.90 bits per heavy atom. The third-order valence-electron chi connectivity index (χ3n) is 5.42. The Labute approximate surface area is 120 Å². The normalized spacial score (nSPS) is 31.5. The molecular formula is C17H22N2O. The van der Waals surface area contributed by atoms with Crippen LogP contribution in [0.3, 0.4) is 0 Å². The van der Waals surface area contributed by atoms with E-state index >= 15 is 0 Å². The van der Waals surface area contributed by atoms with Crippen LogP contribution < -0.4 is 10.6 Å². The van der Waals surface area contributed by atoms with Crippen molar-refractivity contribution in [2.75, 3.05) is 19.6 Å². The molecule has 0 spiro atoms. The maximum absolute atomic E-state index is 12.2. The molecule has 1 aromatic carbocycles. The topological polar surface area (TPSA) is 41.1 Å². The molecule has 1 aromatic rings. The van der Waals surface area contributed by atoms with Gasteiger partial charge in [-0.25, -0.2) is 0 Å². The molecule has 106 valence electrons. The Kier molecular flexibility index (Phi) is 3.03. The Balaban J connectivity index is 1.31. The third kappa shape index (κ3) is 2.05. The lowest BCUT2D eigenvalue weighted by Gasteiger charge is -2.22. The van der Waals surface area contributed by atoms with Gasteiger partial charge >= 0.3 is 0 Å². The second-order valence-electron chi connectivity index (χ2n) is 6.53. The molecule has 2 fully saturated rings. The van der Waals surface area contributed by atoms with Gasteiger partial charge in [0.2, 0.25) is 5.91 Å². The molecule has 20 heavy (non-hydrogen) atoms. The first kappa shape index (κ1) is 12.4. The highest BCUT2D eigenvalue weighted by atomic mass is 16.1. The summed E-state index contributed by atoms with van der Waals surface area (Å²) in [6.45, 7) is 2.85. The van der Waals surface area contributed by atoms with Crippen molar-refractivity contribution in [1.29, 1.82) is 0 Å². The zero-order chi connectivity index (χ0) is 13.5. The number of carbonyl (C=O) groups is 1. The fourth-order valence-electron chi connectivity index (χ4n) is 4.21. The Bertz CT molecular complexity index is 521. The second kappa shape index (κ2) is 4.88. The zero-order valence-corrected chi connectivity index (χ0v) is 11.8. The van der Waals surface area contributed by atoms with E-state index in [1.807, 2.05) is 0 Å². The fourth-order valence-corrected chi connectivity index (χ4v) is 4.21. The van der Waals surface area contributed by atoms with Gasteiger partial charge in [0.15, 0.2) is 0 Å². The first-order valence-electron chi connectivity index (χ1n) is 7.91. The molecule has 1 aliphatic heterocycles. The van der Waals surface area contributed by atoms with Crippen molar-refractivity contribution in [3.05, 3.63) is 35.4 Å². The summed E-state index contributed by atoms with van der Waals surface area (Å²) >= 11 is 0. The van der Waals surface area contributed by atoms with E-state index in [-0.39, 0.29) is 11.8 Å². The van der Waals surface area contributed by atoms with Crippen molar-refractivity contribution in [2.45, 2.75) is 25.2 Å². The number of hydrogen-bond donors (Lipinski definition) is 2. The Morgan fingerprint density at radius 1 is 1.25 bits per heavy atom. The predicted molar refractivity (Wildman–Crippen MR) is 78.5 cm³/mol. The standard InChI is InChI=1S/C17H22N2O/c20-17(11-5-7-18-8-6-11)19-10-15-14-9-12-3-1-2-4-13(12)16(14)15/h1-4,11,14-16,18H,5-10H2,(H,19,20). The molecule has 0 bridgehead atoms. The maximum Gasteiger partial charge on any atom is 0.223 e. The Morgan fingerprint density at radius 2 is 2.05 bits per heavy atom. The molecule has 1 saturated carbocycles. The van der Waals surface area contributed by atoms with Gasteiger partial charge in [-0.15, -0.1) is 0 Å². The number of nitrogens with one attached hydrogen (secondary N) is 2. The lowest BCUT2D eigenvalue weighted by molar-refractivity contribution is -0.125. The summed E-state index contributed by atoms with van der Waals surface area (Å²) < 4.78 is 0. The van der Waals surface area contributed by atoms with Gasteiger partial charge in [-0.1, -0.05) is 24.3 Å². The third-order valence-corrected chi connectivity index (χ3v) is 5.42. The molecule has 1 saturated heterocycles. The number of hydrogen-bond acceptors (Lipinski definition) is 2. The summed E-state index contributed by atoms with van der Waals surface area (Å²) in [5, 5.41) is 6.52. The van der Waals surface area contributed by atoms with Crippen LogP contribution in [-0.2, 0) is 11.2 Å². The number of piperidine rings is 1. The number of fused-ring (bicyclic) bond motifs is 3. The van der Waals surface area contributed by atoms with Crippen LogP contribution in [0, 0.1) is 17.8 Å². The van der Waals surface area contributed by atoms with Crippen LogP contribution in [0.15, 0.2) is 24.3 Å². The van der Waals surface area contributed by atoms with Crippen LogP contribution in [0.2, 0.25) is 0 Å². The van der Waals surface area contributed by atoms with Crippen molar-refractivity contribution < 1.29 is 4.79 Å². The number of carbonyl (C=O) groups excluding carboxylic acids is 1. The van der Waals surface area contributed by atoms with E-state index in [0.29, 0.717) is 5.92 Å². The quantitative estimate of drug-likeness (QED) is 0.877. The lowest BCUT2D eigenvalue weighted by atomic mass is 9.97. The highest BCUT2D eigenvalue weighted by Crippen LogP contribution is 2.60. The molecule has 3 nitrogen and oxygen atoms in total. The summed E-state index contributed by atoms with van der Waals surface area (Å²) in [6.07, 6.45) is 3.20. The summed E-state index contributed by atoms with van der Waals surface area (Å²) in [4.78, 5) is 12.2. The van der Waals surface area contributed by atoms with Crippen molar-refractivity contribution in [3.8, 4) is 0 Å². The molecule has 1 amide bonds. The molecule has 1 heterocycles. The molecular weight excluding hydrogens is 248 g/mol. The van der Waals surface area contributed by atoms with E-state index < -0.39 is 0 Å². The fraction of sp³-hybridized carbons (Fsp3) is 0.588. The average molecular weight is 270 g/mol. The first-order valence-corrected chi connectivity index (χ1v) is 7.91. The number of benzene rings is 1. The molecule has 4 rings (SSSR count). The largest absolute Gasteiger partial charge is 0.356 e. The molecule has 0 radical (unpaired) electrons. The molecule has 0 aromatic heterocycles. The summed E-state index contributed by atoms with van der Waals surface area (Å²) in [6, 6.07) is 8.81. The number of rotatable bonds is 3. The molecule has 3 unspecified atom stereocenters. The van der Waals surface area contributed by atoms with Crippen molar-refractivity contribution in [3.63, 3.8) is 0 Å². The van der Waals surface area contributed by atoms with E-state index in [0.717, 1.165) is 44.3 Å². The van der Waals surface area contributed by atoms with Gasteiger partial charge < -0.3 is 10.6 Å². The smallest absolute Gasteiger partial charge is 0.223 e. The van der Waals surface area contributed by atoms with Gasteiger partial charge in [0.1, 0.15) is 0 Å². The average Bonchev–Trinajstić information content (AvgIpc) is 3.04. The number of amides is 1. The maximum atomic E-state index is 12.2. The predicted octanol–water partition coefficient (Wildman–Crippen LogP) is 1.69. The van der Waals surface area contributed by atoms with Gasteiger partial charge in [-0.05, 0) is 61.2 Å². The van der Waals surface area contributed by atoms with Gasteiger partial charge in [-0.2, -0.15) is 0 Å². The van der Waals surface area contributed by atoms with Crippen molar-refractivity contribution in [2.24, 2.45) is 17.8 Å². The van der Waals surface area contributed by atoms with Crippen LogP contribution in [0.1, 0.15) is 29.9 Å². The summed E-state index contributed by atoms with van der Waals surface area (Å²) in [5.41, 5.74) is 3.07. The van der Waals surface area contributed by atoms with Crippen LogP contribution in [0.5, 0.6) is 0 Å². The van der Waals surface area contributed by atoms with E-state index in [4.69, 9.17) is 0 Å². The SMILES string of the molecule is O=C(NCC1C2Cc3ccccc3C12)C1CCNCC1. The lowest BCUT2D eigenvalue weighted by Crippen LogP contribution is -2.39. The van der Waals surface area contributed by atoms with E-state index in [2.05, 4.69) is 34.9 Å². The van der Waals surface area contributed by atoms with Gasteiger partial charge in [-0.3, -0.25) is 4.79 Å². The van der Waals surface area contributed by atoms with Crippen molar-refractivity contribution >= 4 is 5.91 Å². The van der Waals surface area contributed by atoms with Crippen LogP contribution in [0.25, 0.3) is 0 Å². The van der Waals surface area contributed by atoms with E-state index in [1.54, 1.807) is 5.56 Å². The van der Waals surface area contributed by atoms with Crippen molar-refractivity contribution in [1.82, 2.24) is 10.6 Å². The molecule has 2 aliphatic carbocycles. The molecule has 2 N–H and O–H groups in total. The molecule has 3 heteroatoms. The van der Waals surface area contributed by atoms with Gasteiger partial charge in [0.05, 0.1) is 0 Å². The first-order chi connectivity index (χ1) is 9.84. The highest BCUT2D eigenvalue weighted by molar-refractivity contribution is 5.78. The van der Waals surface area contributed by atoms with Crippen LogP contribution >= 0.6 is 0 Å². The van der Waals surface area contributed by atoms with E-state index in [1.165, 1.54) is 12.0 Å². The van der Waals surface area contributed by atoms with Crippen LogP contribution in [-0.4, -0.2) is 25.5 Å². The monoisotopic (exact) mass is 270 g/mol. The minimum absolute atomic E-state index is 0.238. The minimum atomic E-state index is 0.238. The van der Waals surface area contributed by atoms with Gasteiger partial charge in [0, 0.05) is 12.5 Å². The van der Waals surface area contributed by atoms with Gasteiger partial charge in [0.25, 0.3) is 0 Å². The highest BCUT2D eigenvalue weighted by Gasteiger charge is 2.55. The minimum Gasteiger partial charge on any atom is -0.356 e. The molecule has 3 aliphatic rings. The van der Waals surface area contributed by atoms with Crippen LogP contribution in [0.4, 0.5) is 0 Å².